The van der Waals surface area contributed by atoms with E-state index < -0.39 is 10.8 Å². The second kappa shape index (κ2) is 5.43. The minimum absolute atomic E-state index is 0.397. The highest BCUT2D eigenvalue weighted by Gasteiger charge is 2.07. The van der Waals surface area contributed by atoms with Crippen LogP contribution < -0.4 is 5.73 Å². The second-order valence-corrected chi connectivity index (χ2v) is 6.01. The van der Waals surface area contributed by atoms with Gasteiger partial charge in [-0.1, -0.05) is 30.3 Å². The first-order valence-corrected chi connectivity index (χ1v) is 7.63. The maximum Gasteiger partial charge on any atom is 0.0705 e. The van der Waals surface area contributed by atoms with E-state index in [0.717, 1.165) is 21.5 Å². The normalized spacial score (nSPS) is 12.4. The Morgan fingerprint density at radius 1 is 1.00 bits per heavy atom. The Morgan fingerprint density at radius 2 is 1.85 bits per heavy atom. The Kier molecular flexibility index (Phi) is 3.48. The summed E-state index contributed by atoms with van der Waals surface area (Å²) in [6.45, 7) is 0. The first-order valence-electron chi connectivity index (χ1n) is 6.31. The molecule has 0 radical (unpaired) electrons. The summed E-state index contributed by atoms with van der Waals surface area (Å²) in [7, 11) is -1.13. The molecule has 0 fully saturated rings. The van der Waals surface area contributed by atoms with E-state index in [4.69, 9.17) is 5.73 Å². The lowest BCUT2D eigenvalue weighted by atomic mass is 10.2. The fourth-order valence-corrected chi connectivity index (χ4v) is 3.16. The molecule has 1 heterocycles. The molecule has 1 atom stereocenters. The standard InChI is InChI=1S/C16H14N2OS/c17-13-5-3-6-15(10-13)20(19)11-14-9-8-12-4-1-2-7-16(12)18-14/h1-10H,11,17H2. The number of anilines is 1. The van der Waals surface area contributed by atoms with Crippen LogP contribution in [0.2, 0.25) is 0 Å². The summed E-state index contributed by atoms with van der Waals surface area (Å²) in [6.07, 6.45) is 0. The molecular weight excluding hydrogens is 268 g/mol. The number of aromatic nitrogens is 1. The van der Waals surface area contributed by atoms with Crippen molar-refractivity contribution in [3.05, 3.63) is 66.4 Å². The van der Waals surface area contributed by atoms with Crippen LogP contribution in [0.15, 0.2) is 65.6 Å². The van der Waals surface area contributed by atoms with Gasteiger partial charge in [-0.3, -0.25) is 9.19 Å². The van der Waals surface area contributed by atoms with Gasteiger partial charge >= 0.3 is 0 Å². The largest absolute Gasteiger partial charge is 0.399 e. The fraction of sp³-hybridized carbons (Fsp3) is 0.0625. The van der Waals surface area contributed by atoms with E-state index in [0.29, 0.717) is 11.4 Å². The lowest BCUT2D eigenvalue weighted by Gasteiger charge is -2.04. The third-order valence-corrected chi connectivity index (χ3v) is 4.39. The van der Waals surface area contributed by atoms with Crippen LogP contribution in [0, 0.1) is 0 Å². The minimum atomic E-state index is -1.13. The zero-order valence-electron chi connectivity index (χ0n) is 10.8. The molecule has 0 aliphatic rings. The van der Waals surface area contributed by atoms with Gasteiger partial charge in [0.25, 0.3) is 0 Å². The molecule has 3 nitrogen and oxygen atoms in total. The van der Waals surface area contributed by atoms with Gasteiger partial charge in [0.15, 0.2) is 0 Å². The first-order chi connectivity index (χ1) is 9.72. The molecule has 0 spiro atoms. The monoisotopic (exact) mass is 282 g/mol. The van der Waals surface area contributed by atoms with Gasteiger partial charge in [-0.05, 0) is 30.3 Å². The predicted molar refractivity (Wildman–Crippen MR) is 82.7 cm³/mol. The Bertz CT molecular complexity index is 786. The van der Waals surface area contributed by atoms with Crippen molar-refractivity contribution >= 4 is 27.4 Å². The van der Waals surface area contributed by atoms with E-state index in [1.807, 2.05) is 48.5 Å². The maximum absolute atomic E-state index is 12.3. The SMILES string of the molecule is Nc1cccc(S(=O)Cc2ccc3ccccc3n2)c1. The van der Waals surface area contributed by atoms with Gasteiger partial charge in [0.1, 0.15) is 0 Å². The van der Waals surface area contributed by atoms with E-state index in [2.05, 4.69) is 4.98 Å². The lowest BCUT2D eigenvalue weighted by Crippen LogP contribution is -1.99. The van der Waals surface area contributed by atoms with Crippen LogP contribution in [0.5, 0.6) is 0 Å². The predicted octanol–water partition coefficient (Wildman–Crippen LogP) is 3.12. The number of pyridine rings is 1. The van der Waals surface area contributed by atoms with E-state index in [1.54, 1.807) is 12.1 Å². The van der Waals surface area contributed by atoms with Crippen molar-refractivity contribution in [2.45, 2.75) is 10.6 Å². The van der Waals surface area contributed by atoms with Gasteiger partial charge in [-0.25, -0.2) is 0 Å². The van der Waals surface area contributed by atoms with Gasteiger partial charge in [0.2, 0.25) is 0 Å². The number of para-hydroxylation sites is 1. The quantitative estimate of drug-likeness (QED) is 0.751. The number of hydrogen-bond donors (Lipinski definition) is 1. The molecular formula is C16H14N2OS. The second-order valence-electron chi connectivity index (χ2n) is 4.56. The summed E-state index contributed by atoms with van der Waals surface area (Å²) in [5.74, 6) is 0.397. The molecule has 2 N–H and O–H groups in total. The summed E-state index contributed by atoms with van der Waals surface area (Å²) < 4.78 is 12.3. The summed E-state index contributed by atoms with van der Waals surface area (Å²) in [4.78, 5) is 5.27. The number of nitrogens with two attached hydrogens (primary N) is 1. The smallest absolute Gasteiger partial charge is 0.0705 e. The van der Waals surface area contributed by atoms with E-state index in [-0.39, 0.29) is 0 Å². The van der Waals surface area contributed by atoms with Crippen LogP contribution in [0.4, 0.5) is 5.69 Å². The Morgan fingerprint density at radius 3 is 2.70 bits per heavy atom. The van der Waals surface area contributed by atoms with Gasteiger partial charge < -0.3 is 5.73 Å². The van der Waals surface area contributed by atoms with Crippen molar-refractivity contribution < 1.29 is 4.21 Å². The van der Waals surface area contributed by atoms with Gasteiger partial charge in [0.05, 0.1) is 27.8 Å². The molecule has 0 aliphatic heterocycles. The van der Waals surface area contributed by atoms with E-state index in [9.17, 15) is 4.21 Å². The minimum Gasteiger partial charge on any atom is -0.399 e. The van der Waals surface area contributed by atoms with Gasteiger partial charge in [0, 0.05) is 16.0 Å². The molecule has 3 aromatic rings. The summed E-state index contributed by atoms with van der Waals surface area (Å²) in [5, 5.41) is 1.09. The molecule has 0 amide bonds. The average Bonchev–Trinajstić information content (AvgIpc) is 2.47. The van der Waals surface area contributed by atoms with Crippen molar-refractivity contribution in [3.63, 3.8) is 0 Å². The third kappa shape index (κ3) is 2.70. The number of nitrogens with zero attached hydrogens (tertiary/aromatic N) is 1. The molecule has 0 aliphatic carbocycles. The Balaban J connectivity index is 1.87. The topological polar surface area (TPSA) is 56.0 Å². The maximum atomic E-state index is 12.3. The Hall–Kier alpha value is -2.20. The van der Waals surface area contributed by atoms with Crippen LogP contribution in [-0.4, -0.2) is 9.19 Å². The third-order valence-electron chi connectivity index (χ3n) is 3.06. The molecule has 4 heteroatoms. The average molecular weight is 282 g/mol. The van der Waals surface area contributed by atoms with Crippen LogP contribution >= 0.6 is 0 Å². The zero-order valence-corrected chi connectivity index (χ0v) is 11.6. The van der Waals surface area contributed by atoms with Crippen molar-refractivity contribution in [1.29, 1.82) is 0 Å². The van der Waals surface area contributed by atoms with Crippen molar-refractivity contribution in [1.82, 2.24) is 4.98 Å². The molecule has 20 heavy (non-hydrogen) atoms. The molecule has 1 aromatic heterocycles. The molecule has 3 rings (SSSR count). The number of hydrogen-bond acceptors (Lipinski definition) is 3. The molecule has 100 valence electrons. The van der Waals surface area contributed by atoms with Crippen molar-refractivity contribution in [2.75, 3.05) is 5.73 Å². The summed E-state index contributed by atoms with van der Waals surface area (Å²) >= 11 is 0. The highest BCUT2D eigenvalue weighted by molar-refractivity contribution is 7.84. The zero-order chi connectivity index (χ0) is 13.9. The van der Waals surface area contributed by atoms with Gasteiger partial charge in [-0.15, -0.1) is 0 Å². The fourth-order valence-electron chi connectivity index (χ4n) is 2.06. The van der Waals surface area contributed by atoms with E-state index >= 15 is 0 Å². The van der Waals surface area contributed by atoms with Crippen LogP contribution in [0.1, 0.15) is 5.69 Å². The van der Waals surface area contributed by atoms with Crippen molar-refractivity contribution in [3.8, 4) is 0 Å². The molecule has 1 unspecified atom stereocenters. The lowest BCUT2D eigenvalue weighted by molar-refractivity contribution is 0.682. The molecule has 0 saturated heterocycles. The molecule has 0 saturated carbocycles. The molecule has 0 bridgehead atoms. The molecule has 2 aromatic carbocycles. The van der Waals surface area contributed by atoms with Crippen molar-refractivity contribution in [2.24, 2.45) is 0 Å². The number of fused-ring (bicyclic) bond motifs is 1. The Labute approximate surface area is 119 Å². The number of rotatable bonds is 3. The van der Waals surface area contributed by atoms with E-state index in [1.165, 1.54) is 0 Å². The summed E-state index contributed by atoms with van der Waals surface area (Å²) in [6, 6.07) is 19.0. The number of nitrogen functional groups attached to an aromatic ring is 1. The van der Waals surface area contributed by atoms with Crippen LogP contribution in [0.25, 0.3) is 10.9 Å². The number of benzene rings is 2. The van der Waals surface area contributed by atoms with Gasteiger partial charge in [-0.2, -0.15) is 0 Å². The first kappa shape index (κ1) is 12.8. The highest BCUT2D eigenvalue weighted by Crippen LogP contribution is 2.17. The van der Waals surface area contributed by atoms with Crippen LogP contribution in [-0.2, 0) is 16.6 Å². The van der Waals surface area contributed by atoms with Crippen LogP contribution in [0.3, 0.4) is 0 Å². The highest BCUT2D eigenvalue weighted by atomic mass is 32.2. The summed E-state index contributed by atoms with van der Waals surface area (Å²) in [5.41, 5.74) is 8.09.